The zero-order valence-corrected chi connectivity index (χ0v) is 17.0. The van der Waals surface area contributed by atoms with Crippen molar-refractivity contribution >= 4 is 32.2 Å². The van der Waals surface area contributed by atoms with Gasteiger partial charge >= 0.3 is 0 Å². The van der Waals surface area contributed by atoms with Crippen molar-refractivity contribution in [1.82, 2.24) is 4.83 Å². The molecule has 8 nitrogen and oxygen atoms in total. The van der Waals surface area contributed by atoms with Crippen LogP contribution in [-0.4, -0.2) is 42.1 Å². The fourth-order valence-electron chi connectivity index (χ4n) is 2.43. The number of nitrogens with one attached hydrogen (secondary N) is 1. The second-order valence-electron chi connectivity index (χ2n) is 5.40. The SMILES string of the molecule is COc1cc(/C=N\NS(=O)(=O)c2ccc3c(c2)OCCO3)cc(Br)c1OC. The second-order valence-corrected chi connectivity index (χ2v) is 7.91. The smallest absolute Gasteiger partial charge is 0.276 e. The number of hydrogen-bond donors (Lipinski definition) is 1. The van der Waals surface area contributed by atoms with Gasteiger partial charge in [-0.2, -0.15) is 13.5 Å². The van der Waals surface area contributed by atoms with Crippen molar-refractivity contribution in [3.8, 4) is 23.0 Å². The number of nitrogens with zero attached hydrogens (tertiary/aromatic N) is 1. The molecule has 1 heterocycles. The molecule has 0 amide bonds. The summed E-state index contributed by atoms with van der Waals surface area (Å²) in [6.45, 7) is 0.804. The molecule has 2 aromatic carbocycles. The number of rotatable bonds is 6. The van der Waals surface area contributed by atoms with E-state index in [9.17, 15) is 8.42 Å². The lowest BCUT2D eigenvalue weighted by atomic mass is 10.2. The average molecular weight is 457 g/mol. The molecule has 0 aromatic heterocycles. The summed E-state index contributed by atoms with van der Waals surface area (Å²) < 4.78 is 46.8. The van der Waals surface area contributed by atoms with Gasteiger partial charge in [-0.3, -0.25) is 0 Å². The van der Waals surface area contributed by atoms with Crippen LogP contribution in [-0.2, 0) is 10.0 Å². The summed E-state index contributed by atoms with van der Waals surface area (Å²) in [4.78, 5) is 2.20. The van der Waals surface area contributed by atoms with Crippen LogP contribution in [0.25, 0.3) is 0 Å². The van der Waals surface area contributed by atoms with Gasteiger partial charge in [0.15, 0.2) is 23.0 Å². The normalized spacial score (nSPS) is 13.4. The number of hydrogen-bond acceptors (Lipinski definition) is 7. The van der Waals surface area contributed by atoms with E-state index in [-0.39, 0.29) is 4.90 Å². The van der Waals surface area contributed by atoms with Crippen molar-refractivity contribution in [2.24, 2.45) is 5.10 Å². The Kier molecular flexibility index (Phi) is 5.76. The molecule has 3 rings (SSSR count). The minimum absolute atomic E-state index is 0.0254. The standard InChI is InChI=1S/C17H17BrN2O6S/c1-23-16-8-11(7-13(18)17(16)24-2)10-19-20-27(21,22)12-3-4-14-15(9-12)26-6-5-25-14/h3-4,7-10,20H,5-6H2,1-2H3/b19-10-. The van der Waals surface area contributed by atoms with Crippen LogP contribution in [0.1, 0.15) is 5.56 Å². The van der Waals surface area contributed by atoms with Gasteiger partial charge in [0.25, 0.3) is 10.0 Å². The van der Waals surface area contributed by atoms with E-state index in [4.69, 9.17) is 18.9 Å². The first-order chi connectivity index (χ1) is 12.9. The zero-order valence-electron chi connectivity index (χ0n) is 14.6. The van der Waals surface area contributed by atoms with Crippen LogP contribution < -0.4 is 23.8 Å². The molecule has 2 aromatic rings. The Morgan fingerprint density at radius 3 is 2.56 bits per heavy atom. The molecule has 0 bridgehead atoms. The van der Waals surface area contributed by atoms with Crippen molar-refractivity contribution < 1.29 is 27.4 Å². The topological polar surface area (TPSA) is 95.5 Å². The van der Waals surface area contributed by atoms with E-state index in [1.807, 2.05) is 0 Å². The van der Waals surface area contributed by atoms with E-state index in [1.54, 1.807) is 18.2 Å². The molecule has 0 saturated heterocycles. The van der Waals surface area contributed by atoms with Gasteiger partial charge in [0.2, 0.25) is 0 Å². The monoisotopic (exact) mass is 456 g/mol. The number of halogens is 1. The van der Waals surface area contributed by atoms with Gasteiger partial charge in [-0.1, -0.05) is 0 Å². The molecule has 27 heavy (non-hydrogen) atoms. The van der Waals surface area contributed by atoms with E-state index < -0.39 is 10.0 Å². The molecule has 0 saturated carbocycles. The molecular weight excluding hydrogens is 440 g/mol. The van der Waals surface area contributed by atoms with Gasteiger partial charge in [0.05, 0.1) is 29.8 Å². The fourth-order valence-corrected chi connectivity index (χ4v) is 3.85. The Morgan fingerprint density at radius 2 is 1.85 bits per heavy atom. The van der Waals surface area contributed by atoms with E-state index in [0.717, 1.165) is 0 Å². The molecule has 1 N–H and O–H groups in total. The Morgan fingerprint density at radius 1 is 1.11 bits per heavy atom. The molecule has 10 heteroatoms. The number of fused-ring (bicyclic) bond motifs is 1. The third kappa shape index (κ3) is 4.28. The molecule has 0 spiro atoms. The number of ether oxygens (including phenoxy) is 4. The van der Waals surface area contributed by atoms with Crippen LogP contribution in [0.2, 0.25) is 0 Å². The lowest BCUT2D eigenvalue weighted by Crippen LogP contribution is -2.20. The largest absolute Gasteiger partial charge is 0.493 e. The van der Waals surface area contributed by atoms with Gasteiger partial charge in [-0.25, -0.2) is 4.83 Å². The highest BCUT2D eigenvalue weighted by molar-refractivity contribution is 9.10. The lowest BCUT2D eigenvalue weighted by Gasteiger charge is -2.18. The third-order valence-corrected chi connectivity index (χ3v) is 5.48. The Balaban J connectivity index is 1.78. The molecule has 0 unspecified atom stereocenters. The highest BCUT2D eigenvalue weighted by Crippen LogP contribution is 2.36. The molecule has 144 valence electrons. The predicted molar refractivity (Wildman–Crippen MR) is 103 cm³/mol. The van der Waals surface area contributed by atoms with Crippen molar-refractivity contribution in [2.45, 2.75) is 4.90 Å². The quantitative estimate of drug-likeness (QED) is 0.529. The van der Waals surface area contributed by atoms with Crippen LogP contribution in [0.4, 0.5) is 0 Å². The highest BCUT2D eigenvalue weighted by atomic mass is 79.9. The molecule has 1 aliphatic heterocycles. The summed E-state index contributed by atoms with van der Waals surface area (Å²) in [6, 6.07) is 7.78. The average Bonchev–Trinajstić information content (AvgIpc) is 2.67. The van der Waals surface area contributed by atoms with E-state index in [0.29, 0.717) is 46.2 Å². The van der Waals surface area contributed by atoms with Crippen LogP contribution in [0.5, 0.6) is 23.0 Å². The molecule has 1 aliphatic rings. The lowest BCUT2D eigenvalue weighted by molar-refractivity contribution is 0.171. The maximum Gasteiger partial charge on any atom is 0.276 e. The number of hydrazone groups is 1. The molecular formula is C17H17BrN2O6S. The summed E-state index contributed by atoms with van der Waals surface area (Å²) in [5, 5.41) is 3.82. The fraction of sp³-hybridized carbons (Fsp3) is 0.235. The summed E-state index contributed by atoms with van der Waals surface area (Å²) in [5.41, 5.74) is 0.615. The maximum atomic E-state index is 12.4. The molecule has 0 radical (unpaired) electrons. The maximum absolute atomic E-state index is 12.4. The predicted octanol–water partition coefficient (Wildman–Crippen LogP) is 2.55. The van der Waals surface area contributed by atoms with E-state index in [1.165, 1.54) is 32.6 Å². The molecule has 0 aliphatic carbocycles. The molecule has 0 fully saturated rings. The van der Waals surface area contributed by atoms with Crippen molar-refractivity contribution in [3.63, 3.8) is 0 Å². The number of benzene rings is 2. The first kappa shape index (κ1) is 19.3. The van der Waals surface area contributed by atoms with Gasteiger partial charge in [-0.15, -0.1) is 0 Å². The van der Waals surface area contributed by atoms with Gasteiger partial charge in [0.1, 0.15) is 13.2 Å². The van der Waals surface area contributed by atoms with Gasteiger partial charge in [0, 0.05) is 6.07 Å². The van der Waals surface area contributed by atoms with Crippen LogP contribution in [0.15, 0.2) is 44.8 Å². The summed E-state index contributed by atoms with van der Waals surface area (Å²) in [6.07, 6.45) is 1.36. The van der Waals surface area contributed by atoms with Crippen molar-refractivity contribution in [1.29, 1.82) is 0 Å². The minimum Gasteiger partial charge on any atom is -0.493 e. The Labute approximate surface area is 165 Å². The van der Waals surface area contributed by atoms with Crippen LogP contribution in [0.3, 0.4) is 0 Å². The van der Waals surface area contributed by atoms with Crippen molar-refractivity contribution in [3.05, 3.63) is 40.4 Å². The number of sulfonamides is 1. The summed E-state index contributed by atoms with van der Waals surface area (Å²) in [5.74, 6) is 1.92. The first-order valence-electron chi connectivity index (χ1n) is 7.80. The zero-order chi connectivity index (χ0) is 19.4. The van der Waals surface area contributed by atoms with Gasteiger partial charge < -0.3 is 18.9 Å². The van der Waals surface area contributed by atoms with E-state index in [2.05, 4.69) is 25.9 Å². The van der Waals surface area contributed by atoms with E-state index >= 15 is 0 Å². The van der Waals surface area contributed by atoms with Crippen LogP contribution in [0, 0.1) is 0 Å². The second kappa shape index (κ2) is 8.05. The Hall–Kier alpha value is -2.46. The van der Waals surface area contributed by atoms with Crippen molar-refractivity contribution in [2.75, 3.05) is 27.4 Å². The molecule has 0 atom stereocenters. The summed E-state index contributed by atoms with van der Waals surface area (Å²) >= 11 is 3.37. The Bertz CT molecular complexity index is 978. The highest BCUT2D eigenvalue weighted by Gasteiger charge is 2.19. The minimum atomic E-state index is -3.85. The van der Waals surface area contributed by atoms with Crippen LogP contribution >= 0.6 is 15.9 Å². The number of methoxy groups -OCH3 is 2. The third-order valence-electron chi connectivity index (χ3n) is 3.67. The summed E-state index contributed by atoms with van der Waals surface area (Å²) in [7, 11) is -0.818. The van der Waals surface area contributed by atoms with Gasteiger partial charge in [-0.05, 0) is 45.8 Å². The first-order valence-corrected chi connectivity index (χ1v) is 10.1.